The molecule has 0 radical (unpaired) electrons. The van der Waals surface area contributed by atoms with Gasteiger partial charge in [0.05, 0.1) is 32.9 Å². The van der Waals surface area contributed by atoms with Gasteiger partial charge in [-0.15, -0.1) is 0 Å². The van der Waals surface area contributed by atoms with Crippen LogP contribution in [0.15, 0.2) is 18.2 Å². The Balaban J connectivity index is 3.16. The van der Waals surface area contributed by atoms with E-state index in [0.29, 0.717) is 0 Å². The number of sulfone groups is 1. The minimum atomic E-state index is -3.86. The number of carbonyl (C=O) groups is 1. The monoisotopic (exact) mass is 321 g/mol. The topological polar surface area (TPSA) is 115 Å². The van der Waals surface area contributed by atoms with Crippen LogP contribution in [0, 0.1) is 10.1 Å². The van der Waals surface area contributed by atoms with Gasteiger partial charge < -0.3 is 5.11 Å². The molecule has 0 aliphatic heterocycles. The predicted octanol–water partition coefficient (Wildman–Crippen LogP) is 2.03. The minimum Gasteiger partial charge on any atom is -0.481 e. The molecule has 1 N–H and O–H groups in total. The van der Waals surface area contributed by atoms with Gasteiger partial charge in [-0.2, -0.15) is 0 Å². The number of hydrogen-bond acceptors (Lipinski definition) is 5. The highest BCUT2D eigenvalue weighted by molar-refractivity contribution is 7.91. The van der Waals surface area contributed by atoms with Gasteiger partial charge in [-0.05, 0) is 13.0 Å². The quantitative estimate of drug-likeness (QED) is 0.633. The molecule has 0 saturated heterocycles. The normalized spacial score (nSPS) is 12.9. The molecule has 0 amide bonds. The summed E-state index contributed by atoms with van der Waals surface area (Å²) in [5, 5.41) is 18.3. The Labute approximate surface area is 120 Å². The van der Waals surface area contributed by atoms with Gasteiger partial charge >= 0.3 is 5.97 Å². The minimum absolute atomic E-state index is 0.0368. The molecule has 1 aromatic carbocycles. The van der Waals surface area contributed by atoms with E-state index in [1.807, 2.05) is 0 Å². The van der Waals surface area contributed by atoms with Gasteiger partial charge in [-0.3, -0.25) is 14.9 Å². The zero-order chi connectivity index (χ0) is 15.5. The molecule has 0 aromatic heterocycles. The molecule has 0 saturated carbocycles. The largest absolute Gasteiger partial charge is 0.481 e. The molecular weight excluding hydrogens is 310 g/mol. The van der Waals surface area contributed by atoms with Gasteiger partial charge in [-0.1, -0.05) is 17.7 Å². The molecule has 1 aromatic rings. The lowest BCUT2D eigenvalue weighted by atomic mass is 10.2. The van der Waals surface area contributed by atoms with Gasteiger partial charge in [0.2, 0.25) is 0 Å². The van der Waals surface area contributed by atoms with Crippen molar-refractivity contribution < 1.29 is 23.2 Å². The Morgan fingerprint density at radius 1 is 1.50 bits per heavy atom. The van der Waals surface area contributed by atoms with Gasteiger partial charge in [0.1, 0.15) is 0 Å². The number of aliphatic carboxylic acids is 1. The fourth-order valence-corrected chi connectivity index (χ4v) is 3.28. The summed E-state index contributed by atoms with van der Waals surface area (Å²) in [5.41, 5.74) is -0.528. The van der Waals surface area contributed by atoms with E-state index >= 15 is 0 Å². The predicted molar refractivity (Wildman–Crippen MR) is 72.4 cm³/mol. The zero-order valence-electron chi connectivity index (χ0n) is 10.4. The first-order valence-electron chi connectivity index (χ1n) is 5.50. The number of carboxylic acid groups (broad SMARTS) is 1. The second-order valence-corrected chi connectivity index (χ2v) is 7.04. The molecule has 0 aliphatic carbocycles. The maximum atomic E-state index is 12.0. The molecule has 0 aliphatic rings. The lowest BCUT2D eigenvalue weighted by Gasteiger charge is -2.11. The maximum absolute atomic E-state index is 12.0. The number of nitro groups is 1. The van der Waals surface area contributed by atoms with Crippen LogP contribution >= 0.6 is 11.6 Å². The lowest BCUT2D eigenvalue weighted by Crippen LogP contribution is -2.23. The molecule has 1 rings (SSSR count). The Hall–Kier alpha value is -1.67. The van der Waals surface area contributed by atoms with Crippen molar-refractivity contribution in [3.05, 3.63) is 38.9 Å². The molecule has 110 valence electrons. The smallest absolute Gasteiger partial charge is 0.304 e. The van der Waals surface area contributed by atoms with E-state index in [2.05, 4.69) is 0 Å². The highest BCUT2D eigenvalue weighted by Gasteiger charge is 2.28. The van der Waals surface area contributed by atoms with Crippen molar-refractivity contribution in [3.63, 3.8) is 0 Å². The summed E-state index contributed by atoms with van der Waals surface area (Å²) >= 11 is 5.80. The number of benzene rings is 1. The maximum Gasteiger partial charge on any atom is 0.304 e. The fourth-order valence-electron chi connectivity index (χ4n) is 1.58. The van der Waals surface area contributed by atoms with E-state index in [1.54, 1.807) is 0 Å². The molecule has 0 bridgehead atoms. The SMILES string of the molecule is CC(CC(=O)O)S(=O)(=O)Cc1c(Cl)cccc1[N+](=O)[O-]. The molecule has 0 heterocycles. The van der Waals surface area contributed by atoms with Crippen LogP contribution in [0.4, 0.5) is 5.69 Å². The Morgan fingerprint density at radius 2 is 2.10 bits per heavy atom. The van der Waals surface area contributed by atoms with Crippen LogP contribution in [0.3, 0.4) is 0 Å². The van der Waals surface area contributed by atoms with Crippen LogP contribution in [0.1, 0.15) is 18.9 Å². The number of nitro benzene ring substituents is 1. The summed E-state index contributed by atoms with van der Waals surface area (Å²) in [4.78, 5) is 20.7. The third-order valence-corrected chi connectivity index (χ3v) is 5.15. The van der Waals surface area contributed by atoms with Crippen LogP contribution in [-0.4, -0.2) is 29.7 Å². The first kappa shape index (κ1) is 16.4. The average molecular weight is 322 g/mol. The van der Waals surface area contributed by atoms with E-state index in [-0.39, 0.29) is 10.6 Å². The molecule has 9 heteroatoms. The number of rotatable bonds is 6. The Bertz CT molecular complexity index is 642. The first-order chi connectivity index (χ1) is 9.15. The zero-order valence-corrected chi connectivity index (χ0v) is 12.0. The molecule has 0 fully saturated rings. The molecule has 1 unspecified atom stereocenters. The second-order valence-electron chi connectivity index (χ2n) is 4.21. The van der Waals surface area contributed by atoms with E-state index in [0.717, 1.165) is 6.07 Å². The van der Waals surface area contributed by atoms with E-state index in [4.69, 9.17) is 16.7 Å². The van der Waals surface area contributed by atoms with Crippen molar-refractivity contribution >= 4 is 33.1 Å². The van der Waals surface area contributed by atoms with E-state index in [1.165, 1.54) is 19.1 Å². The first-order valence-corrected chi connectivity index (χ1v) is 7.59. The average Bonchev–Trinajstić information content (AvgIpc) is 2.30. The van der Waals surface area contributed by atoms with E-state index in [9.17, 15) is 23.3 Å². The van der Waals surface area contributed by atoms with Crippen molar-refractivity contribution in [1.29, 1.82) is 0 Å². The summed E-state index contributed by atoms with van der Waals surface area (Å²) in [6.07, 6.45) is -0.569. The van der Waals surface area contributed by atoms with Crippen molar-refractivity contribution in [1.82, 2.24) is 0 Å². The summed E-state index contributed by atoms with van der Waals surface area (Å²) < 4.78 is 24.0. The van der Waals surface area contributed by atoms with Crippen LogP contribution in [0.5, 0.6) is 0 Å². The molecule has 0 spiro atoms. The van der Waals surface area contributed by atoms with Crippen molar-refractivity contribution in [2.24, 2.45) is 0 Å². The van der Waals surface area contributed by atoms with Crippen molar-refractivity contribution in [3.8, 4) is 0 Å². The third kappa shape index (κ3) is 3.91. The van der Waals surface area contributed by atoms with Crippen LogP contribution < -0.4 is 0 Å². The Kier molecular flexibility index (Phi) is 5.07. The molecule has 20 heavy (non-hydrogen) atoms. The summed E-state index contributed by atoms with van der Waals surface area (Å²) in [7, 11) is -3.86. The van der Waals surface area contributed by atoms with Crippen molar-refractivity contribution in [2.45, 2.75) is 24.3 Å². The van der Waals surface area contributed by atoms with Crippen LogP contribution in [0.25, 0.3) is 0 Å². The summed E-state index contributed by atoms with van der Waals surface area (Å²) in [6, 6.07) is 3.84. The number of carboxylic acids is 1. The van der Waals surface area contributed by atoms with Gasteiger partial charge in [-0.25, -0.2) is 8.42 Å². The third-order valence-electron chi connectivity index (χ3n) is 2.71. The fraction of sp³-hybridized carbons (Fsp3) is 0.364. The second kappa shape index (κ2) is 6.19. The Morgan fingerprint density at radius 3 is 2.60 bits per heavy atom. The van der Waals surface area contributed by atoms with Crippen LogP contribution in [0.2, 0.25) is 5.02 Å². The highest BCUT2D eigenvalue weighted by atomic mass is 35.5. The van der Waals surface area contributed by atoms with E-state index < -0.39 is 43.8 Å². The van der Waals surface area contributed by atoms with Crippen LogP contribution in [-0.2, 0) is 20.4 Å². The van der Waals surface area contributed by atoms with Crippen molar-refractivity contribution in [2.75, 3.05) is 0 Å². The molecule has 1 atom stereocenters. The number of hydrogen-bond donors (Lipinski definition) is 1. The van der Waals surface area contributed by atoms with Gasteiger partial charge in [0.15, 0.2) is 9.84 Å². The summed E-state index contributed by atoms with van der Waals surface area (Å²) in [5.74, 6) is -1.92. The number of nitrogens with zero attached hydrogens (tertiary/aromatic N) is 1. The highest BCUT2D eigenvalue weighted by Crippen LogP contribution is 2.29. The standard InChI is InChI=1S/C11H12ClNO6S/c1-7(5-11(14)15)20(18,19)6-8-9(12)3-2-4-10(8)13(16)17/h2-4,7H,5-6H2,1H3,(H,14,15). The number of halogens is 1. The summed E-state index contributed by atoms with van der Waals surface area (Å²) in [6.45, 7) is 1.24. The van der Waals surface area contributed by atoms with Gasteiger partial charge in [0, 0.05) is 6.07 Å². The van der Waals surface area contributed by atoms with Gasteiger partial charge in [0.25, 0.3) is 5.69 Å². The lowest BCUT2D eigenvalue weighted by molar-refractivity contribution is -0.385. The molecular formula is C11H12ClNO6S. The molecule has 7 nitrogen and oxygen atoms in total.